The van der Waals surface area contributed by atoms with E-state index in [9.17, 15) is 13.2 Å². The smallest absolute Gasteiger partial charge is 0.318 e. The first kappa shape index (κ1) is 11.9. The second-order valence-corrected chi connectivity index (χ2v) is 6.98. The third-order valence-electron chi connectivity index (χ3n) is 3.55. The molecule has 1 unspecified atom stereocenters. The molecule has 0 aromatic rings. The van der Waals surface area contributed by atoms with Crippen LogP contribution in [0.2, 0.25) is 0 Å². The Morgan fingerprint density at radius 1 is 1.44 bits per heavy atom. The van der Waals surface area contributed by atoms with E-state index in [-0.39, 0.29) is 5.60 Å². The molecule has 5 nitrogen and oxygen atoms in total. The second-order valence-electron chi connectivity index (χ2n) is 4.70. The van der Waals surface area contributed by atoms with Gasteiger partial charge in [0.1, 0.15) is 5.75 Å². The van der Waals surface area contributed by atoms with E-state index in [4.69, 9.17) is 9.84 Å². The van der Waals surface area contributed by atoms with Gasteiger partial charge in [0.25, 0.3) is 0 Å². The van der Waals surface area contributed by atoms with Crippen LogP contribution in [-0.2, 0) is 19.4 Å². The molecule has 2 fully saturated rings. The molecule has 1 saturated heterocycles. The number of hydrogen-bond acceptors (Lipinski definition) is 4. The number of sulfone groups is 1. The zero-order valence-electron chi connectivity index (χ0n) is 9.02. The number of aliphatic carboxylic acids is 1. The molecule has 1 saturated carbocycles. The van der Waals surface area contributed by atoms with Gasteiger partial charge in [0.15, 0.2) is 9.84 Å². The largest absolute Gasteiger partial charge is 0.480 e. The van der Waals surface area contributed by atoms with Gasteiger partial charge >= 0.3 is 5.97 Å². The third-order valence-corrected chi connectivity index (χ3v) is 5.61. The normalized spacial score (nSPS) is 28.6. The highest BCUT2D eigenvalue weighted by atomic mass is 32.2. The van der Waals surface area contributed by atoms with Crippen molar-refractivity contribution in [1.29, 1.82) is 0 Å². The molecule has 1 aliphatic heterocycles. The maximum atomic E-state index is 11.8. The van der Waals surface area contributed by atoms with Crippen molar-refractivity contribution in [2.75, 3.05) is 12.4 Å². The van der Waals surface area contributed by atoms with Gasteiger partial charge in [-0.2, -0.15) is 0 Å². The van der Waals surface area contributed by atoms with Gasteiger partial charge in [0.05, 0.1) is 10.9 Å². The number of rotatable bonds is 3. The summed E-state index contributed by atoms with van der Waals surface area (Å²) in [5.74, 6) is -2.03. The highest BCUT2D eigenvalue weighted by molar-refractivity contribution is 7.92. The van der Waals surface area contributed by atoms with Gasteiger partial charge in [-0.1, -0.05) is 0 Å². The first-order valence-corrected chi connectivity index (χ1v) is 7.22. The summed E-state index contributed by atoms with van der Waals surface area (Å²) in [5, 5.41) is 8.04. The lowest BCUT2D eigenvalue weighted by Crippen LogP contribution is -2.49. The standard InChI is InChI=1S/C10H16O5S/c11-9(12)7-16(13,14)8-2-5-15-10(6-8)3-1-4-10/h8H,1-7H2,(H,11,12). The fourth-order valence-electron chi connectivity index (χ4n) is 2.50. The lowest BCUT2D eigenvalue weighted by atomic mass is 9.75. The Hall–Kier alpha value is -0.620. The average Bonchev–Trinajstić information content (AvgIpc) is 2.14. The van der Waals surface area contributed by atoms with Gasteiger partial charge in [-0.15, -0.1) is 0 Å². The van der Waals surface area contributed by atoms with Crippen LogP contribution in [0.1, 0.15) is 32.1 Å². The molecule has 2 aliphatic rings. The van der Waals surface area contributed by atoms with Crippen LogP contribution in [0.5, 0.6) is 0 Å². The van der Waals surface area contributed by atoms with Crippen LogP contribution in [-0.4, -0.2) is 42.7 Å². The third kappa shape index (κ3) is 2.22. The average molecular weight is 248 g/mol. The molecule has 92 valence electrons. The van der Waals surface area contributed by atoms with Gasteiger partial charge in [0.2, 0.25) is 0 Å². The van der Waals surface area contributed by atoms with E-state index in [0.29, 0.717) is 19.4 Å². The Balaban J connectivity index is 2.06. The van der Waals surface area contributed by atoms with Crippen LogP contribution in [0.15, 0.2) is 0 Å². The summed E-state index contributed by atoms with van der Waals surface area (Å²) in [5.41, 5.74) is -0.255. The second kappa shape index (κ2) is 4.00. The summed E-state index contributed by atoms with van der Waals surface area (Å²) < 4.78 is 29.2. The first-order valence-electron chi connectivity index (χ1n) is 5.51. The van der Waals surface area contributed by atoms with Crippen molar-refractivity contribution < 1.29 is 23.1 Å². The maximum absolute atomic E-state index is 11.8. The lowest BCUT2D eigenvalue weighted by molar-refractivity contribution is -0.134. The minimum Gasteiger partial charge on any atom is -0.480 e. The molecule has 1 spiro atoms. The molecule has 0 aromatic heterocycles. The summed E-state index contributed by atoms with van der Waals surface area (Å²) in [6.45, 7) is 0.434. The Labute approximate surface area is 94.7 Å². The first-order chi connectivity index (χ1) is 7.44. The molecule has 1 atom stereocenters. The number of ether oxygens (including phenoxy) is 1. The zero-order valence-corrected chi connectivity index (χ0v) is 9.83. The Bertz CT molecular complexity index is 382. The molecular weight excluding hydrogens is 232 g/mol. The van der Waals surface area contributed by atoms with Gasteiger partial charge in [0, 0.05) is 6.61 Å². The van der Waals surface area contributed by atoms with Crippen LogP contribution in [0.3, 0.4) is 0 Å². The molecule has 1 N–H and O–H groups in total. The van der Waals surface area contributed by atoms with Crippen LogP contribution in [0, 0.1) is 0 Å². The summed E-state index contributed by atoms with van der Waals surface area (Å²) in [4.78, 5) is 10.5. The topological polar surface area (TPSA) is 80.7 Å². The van der Waals surface area contributed by atoms with Crippen molar-refractivity contribution in [3.05, 3.63) is 0 Å². The van der Waals surface area contributed by atoms with Crippen molar-refractivity contribution in [2.24, 2.45) is 0 Å². The van der Waals surface area contributed by atoms with Crippen molar-refractivity contribution in [3.8, 4) is 0 Å². The predicted molar refractivity (Wildman–Crippen MR) is 57.0 cm³/mol. The van der Waals surface area contributed by atoms with E-state index >= 15 is 0 Å². The van der Waals surface area contributed by atoms with Crippen molar-refractivity contribution >= 4 is 15.8 Å². The van der Waals surface area contributed by atoms with Crippen LogP contribution in [0.25, 0.3) is 0 Å². The minimum atomic E-state index is -3.51. The van der Waals surface area contributed by atoms with E-state index in [1.54, 1.807) is 0 Å². The molecule has 0 bridgehead atoms. The zero-order chi connectivity index (χ0) is 11.8. The summed E-state index contributed by atoms with van der Waals surface area (Å²) in [7, 11) is -3.51. The molecule has 16 heavy (non-hydrogen) atoms. The van der Waals surface area contributed by atoms with Crippen molar-refractivity contribution in [1.82, 2.24) is 0 Å². The summed E-state index contributed by atoms with van der Waals surface area (Å²) in [6.07, 6.45) is 3.80. The molecular formula is C10H16O5S. The lowest BCUT2D eigenvalue weighted by Gasteiger charge is -2.46. The van der Waals surface area contributed by atoms with Gasteiger partial charge in [-0.3, -0.25) is 4.79 Å². The van der Waals surface area contributed by atoms with Crippen LogP contribution in [0.4, 0.5) is 0 Å². The number of carbonyl (C=O) groups is 1. The van der Waals surface area contributed by atoms with Crippen LogP contribution >= 0.6 is 0 Å². The Morgan fingerprint density at radius 2 is 2.12 bits per heavy atom. The van der Waals surface area contributed by atoms with Crippen molar-refractivity contribution in [2.45, 2.75) is 43.0 Å². The minimum absolute atomic E-state index is 0.255. The molecule has 0 aromatic carbocycles. The number of hydrogen-bond donors (Lipinski definition) is 1. The van der Waals surface area contributed by atoms with E-state index in [0.717, 1.165) is 19.3 Å². The highest BCUT2D eigenvalue weighted by Gasteiger charge is 2.46. The fraction of sp³-hybridized carbons (Fsp3) is 0.900. The van der Waals surface area contributed by atoms with E-state index < -0.39 is 26.8 Å². The molecule has 2 rings (SSSR count). The number of carboxylic acid groups (broad SMARTS) is 1. The summed E-state index contributed by atoms with van der Waals surface area (Å²) >= 11 is 0. The van der Waals surface area contributed by atoms with Gasteiger partial charge in [-0.05, 0) is 32.1 Å². The number of carboxylic acids is 1. The van der Waals surface area contributed by atoms with E-state index in [1.165, 1.54) is 0 Å². The monoisotopic (exact) mass is 248 g/mol. The Kier molecular flexibility index (Phi) is 2.96. The molecule has 0 radical (unpaired) electrons. The highest BCUT2D eigenvalue weighted by Crippen LogP contribution is 2.43. The van der Waals surface area contributed by atoms with Crippen LogP contribution < -0.4 is 0 Å². The summed E-state index contributed by atoms with van der Waals surface area (Å²) in [6, 6.07) is 0. The molecule has 6 heteroatoms. The molecule has 1 heterocycles. The van der Waals surface area contributed by atoms with E-state index in [2.05, 4.69) is 0 Å². The Morgan fingerprint density at radius 3 is 2.62 bits per heavy atom. The van der Waals surface area contributed by atoms with E-state index in [1.807, 2.05) is 0 Å². The predicted octanol–water partition coefficient (Wildman–Crippen LogP) is 0.588. The fourth-order valence-corrected chi connectivity index (χ4v) is 4.09. The van der Waals surface area contributed by atoms with Gasteiger partial charge < -0.3 is 9.84 Å². The maximum Gasteiger partial charge on any atom is 0.318 e. The molecule has 1 aliphatic carbocycles. The molecule has 0 amide bonds. The van der Waals surface area contributed by atoms with Gasteiger partial charge in [-0.25, -0.2) is 8.42 Å². The van der Waals surface area contributed by atoms with Crippen molar-refractivity contribution in [3.63, 3.8) is 0 Å². The SMILES string of the molecule is O=C(O)CS(=O)(=O)C1CCOC2(CCC2)C1. The quantitative estimate of drug-likeness (QED) is 0.790.